The van der Waals surface area contributed by atoms with Gasteiger partial charge in [-0.3, -0.25) is 9.69 Å². The lowest BCUT2D eigenvalue weighted by molar-refractivity contribution is -0.142. The van der Waals surface area contributed by atoms with Crippen LogP contribution in [0.4, 0.5) is 10.5 Å². The number of aryl methyl sites for hydroxylation is 2. The van der Waals surface area contributed by atoms with Gasteiger partial charge in [0, 0.05) is 25.8 Å². The van der Waals surface area contributed by atoms with E-state index in [0.717, 1.165) is 16.8 Å². The van der Waals surface area contributed by atoms with Crippen LogP contribution >= 0.6 is 0 Å². The molecule has 1 aliphatic heterocycles. The Kier molecular flexibility index (Phi) is 4.21. The van der Waals surface area contributed by atoms with Gasteiger partial charge in [-0.1, -0.05) is 24.6 Å². The number of aliphatic carboxylic acids is 1. The first-order valence-corrected chi connectivity index (χ1v) is 7.14. The van der Waals surface area contributed by atoms with E-state index < -0.39 is 11.9 Å². The molecule has 0 radical (unpaired) electrons. The van der Waals surface area contributed by atoms with E-state index in [4.69, 9.17) is 5.11 Å². The maximum absolute atomic E-state index is 12.6. The third-order valence-corrected chi connectivity index (χ3v) is 4.20. The third kappa shape index (κ3) is 3.01. The second-order valence-electron chi connectivity index (χ2n) is 5.96. The Labute approximate surface area is 125 Å². The fraction of sp³-hybridized carbons (Fsp3) is 0.500. The molecule has 1 heterocycles. The number of carbonyl (C=O) groups excluding carboxylic acids is 1. The Morgan fingerprint density at radius 2 is 1.95 bits per heavy atom. The van der Waals surface area contributed by atoms with Gasteiger partial charge in [-0.2, -0.15) is 0 Å². The van der Waals surface area contributed by atoms with Crippen LogP contribution in [0.15, 0.2) is 18.2 Å². The fourth-order valence-corrected chi connectivity index (χ4v) is 2.94. The van der Waals surface area contributed by atoms with Gasteiger partial charge in [0.05, 0.1) is 5.92 Å². The van der Waals surface area contributed by atoms with Crippen molar-refractivity contribution in [1.29, 1.82) is 0 Å². The average molecular weight is 290 g/mol. The summed E-state index contributed by atoms with van der Waals surface area (Å²) in [5.74, 6) is -1.31. The topological polar surface area (TPSA) is 60.9 Å². The SMILES string of the molecule is Cc1ccc(N(C)C(=O)N2CC(C)C(C(=O)O)C2)c(C)c1. The van der Waals surface area contributed by atoms with Crippen molar-refractivity contribution < 1.29 is 14.7 Å². The average Bonchev–Trinajstić information content (AvgIpc) is 2.79. The minimum atomic E-state index is -0.827. The van der Waals surface area contributed by atoms with Crippen molar-refractivity contribution in [2.75, 3.05) is 25.0 Å². The first kappa shape index (κ1) is 15.4. The molecule has 5 nitrogen and oxygen atoms in total. The molecule has 5 heteroatoms. The summed E-state index contributed by atoms with van der Waals surface area (Å²) in [6.45, 7) is 6.63. The second kappa shape index (κ2) is 5.76. The molecular formula is C16H22N2O3. The highest BCUT2D eigenvalue weighted by Gasteiger charge is 2.38. The van der Waals surface area contributed by atoms with E-state index in [-0.39, 0.29) is 18.5 Å². The number of carboxylic acids is 1. The van der Waals surface area contributed by atoms with Crippen molar-refractivity contribution in [2.45, 2.75) is 20.8 Å². The molecule has 1 aliphatic rings. The van der Waals surface area contributed by atoms with Crippen LogP contribution in [0.1, 0.15) is 18.1 Å². The number of benzene rings is 1. The maximum atomic E-state index is 12.6. The van der Waals surface area contributed by atoms with Crippen LogP contribution < -0.4 is 4.90 Å². The van der Waals surface area contributed by atoms with Gasteiger partial charge >= 0.3 is 12.0 Å². The molecule has 0 spiro atoms. The zero-order chi connectivity index (χ0) is 15.7. The molecule has 0 aliphatic carbocycles. The van der Waals surface area contributed by atoms with Crippen molar-refractivity contribution >= 4 is 17.7 Å². The molecule has 2 amide bonds. The van der Waals surface area contributed by atoms with Gasteiger partial charge in [-0.05, 0) is 31.4 Å². The summed E-state index contributed by atoms with van der Waals surface area (Å²) in [5, 5.41) is 9.16. The minimum Gasteiger partial charge on any atom is -0.481 e. The lowest BCUT2D eigenvalue weighted by atomic mass is 9.99. The quantitative estimate of drug-likeness (QED) is 0.910. The molecule has 2 unspecified atom stereocenters. The van der Waals surface area contributed by atoms with Crippen LogP contribution in [0.25, 0.3) is 0 Å². The van der Waals surface area contributed by atoms with E-state index >= 15 is 0 Å². The molecule has 0 aromatic heterocycles. The molecule has 0 saturated carbocycles. The fourth-order valence-electron chi connectivity index (χ4n) is 2.94. The lowest BCUT2D eigenvalue weighted by Gasteiger charge is -2.26. The van der Waals surface area contributed by atoms with Crippen LogP contribution in [-0.2, 0) is 4.79 Å². The first-order chi connectivity index (χ1) is 9.81. The van der Waals surface area contributed by atoms with E-state index in [2.05, 4.69) is 0 Å². The van der Waals surface area contributed by atoms with Crippen LogP contribution in [0, 0.1) is 25.7 Å². The molecule has 1 fully saturated rings. The number of hydrogen-bond acceptors (Lipinski definition) is 2. The number of carbonyl (C=O) groups is 2. The van der Waals surface area contributed by atoms with Crippen molar-refractivity contribution in [1.82, 2.24) is 4.90 Å². The van der Waals surface area contributed by atoms with Gasteiger partial charge in [0.15, 0.2) is 0 Å². The highest BCUT2D eigenvalue weighted by molar-refractivity contribution is 5.93. The smallest absolute Gasteiger partial charge is 0.324 e. The molecule has 21 heavy (non-hydrogen) atoms. The maximum Gasteiger partial charge on any atom is 0.324 e. The van der Waals surface area contributed by atoms with E-state index in [1.807, 2.05) is 39.0 Å². The zero-order valence-corrected chi connectivity index (χ0v) is 13.0. The Morgan fingerprint density at radius 1 is 1.29 bits per heavy atom. The van der Waals surface area contributed by atoms with E-state index in [9.17, 15) is 9.59 Å². The predicted molar refractivity (Wildman–Crippen MR) is 81.6 cm³/mol. The van der Waals surface area contributed by atoms with Gasteiger partial charge < -0.3 is 10.0 Å². The van der Waals surface area contributed by atoms with Crippen molar-refractivity contribution in [3.05, 3.63) is 29.3 Å². The molecule has 2 atom stereocenters. The first-order valence-electron chi connectivity index (χ1n) is 7.14. The monoisotopic (exact) mass is 290 g/mol. The van der Waals surface area contributed by atoms with Crippen LogP contribution in [0.5, 0.6) is 0 Å². The molecule has 1 N–H and O–H groups in total. The number of urea groups is 1. The Morgan fingerprint density at radius 3 is 2.48 bits per heavy atom. The number of nitrogens with zero attached hydrogens (tertiary/aromatic N) is 2. The van der Waals surface area contributed by atoms with Crippen molar-refractivity contribution in [3.8, 4) is 0 Å². The van der Waals surface area contributed by atoms with E-state index in [1.165, 1.54) is 0 Å². The van der Waals surface area contributed by atoms with E-state index in [0.29, 0.717) is 6.54 Å². The number of carboxylic acid groups (broad SMARTS) is 1. The van der Waals surface area contributed by atoms with Gasteiger partial charge in [0.25, 0.3) is 0 Å². The lowest BCUT2D eigenvalue weighted by Crippen LogP contribution is -2.40. The zero-order valence-electron chi connectivity index (χ0n) is 13.0. The summed E-state index contributed by atoms with van der Waals surface area (Å²) >= 11 is 0. The Balaban J connectivity index is 2.15. The van der Waals surface area contributed by atoms with E-state index in [1.54, 1.807) is 16.8 Å². The molecule has 1 aromatic carbocycles. The summed E-state index contributed by atoms with van der Waals surface area (Å²) in [5.41, 5.74) is 3.04. The largest absolute Gasteiger partial charge is 0.481 e. The summed E-state index contributed by atoms with van der Waals surface area (Å²) in [6, 6.07) is 5.79. The molecule has 0 bridgehead atoms. The van der Waals surface area contributed by atoms with Gasteiger partial charge in [0.2, 0.25) is 0 Å². The van der Waals surface area contributed by atoms with Gasteiger partial charge in [0.1, 0.15) is 0 Å². The molecule has 114 valence electrons. The number of likely N-dealkylation sites (tertiary alicyclic amines) is 1. The molecule has 2 rings (SSSR count). The highest BCUT2D eigenvalue weighted by Crippen LogP contribution is 2.26. The summed E-state index contributed by atoms with van der Waals surface area (Å²) < 4.78 is 0. The molecule has 1 saturated heterocycles. The van der Waals surface area contributed by atoms with Crippen LogP contribution in [0.2, 0.25) is 0 Å². The minimum absolute atomic E-state index is 0.0148. The standard InChI is InChI=1S/C16H22N2O3/c1-10-5-6-14(11(2)7-10)17(4)16(21)18-8-12(3)13(9-18)15(19)20/h5-7,12-13H,8-9H2,1-4H3,(H,19,20). The second-order valence-corrected chi connectivity index (χ2v) is 5.96. The predicted octanol–water partition coefficient (Wildman–Crippen LogP) is 2.51. The van der Waals surface area contributed by atoms with Crippen molar-refractivity contribution in [2.24, 2.45) is 11.8 Å². The summed E-state index contributed by atoms with van der Waals surface area (Å²) in [7, 11) is 1.73. The molecular weight excluding hydrogens is 268 g/mol. The van der Waals surface area contributed by atoms with Crippen LogP contribution in [0.3, 0.4) is 0 Å². The Hall–Kier alpha value is -2.04. The number of rotatable bonds is 2. The van der Waals surface area contributed by atoms with Gasteiger partial charge in [-0.15, -0.1) is 0 Å². The van der Waals surface area contributed by atoms with Crippen LogP contribution in [-0.4, -0.2) is 42.1 Å². The number of anilines is 1. The highest BCUT2D eigenvalue weighted by atomic mass is 16.4. The summed E-state index contributed by atoms with van der Waals surface area (Å²) in [4.78, 5) is 26.9. The summed E-state index contributed by atoms with van der Waals surface area (Å²) in [6.07, 6.45) is 0. The van der Waals surface area contributed by atoms with Gasteiger partial charge in [-0.25, -0.2) is 4.79 Å². The number of hydrogen-bond donors (Lipinski definition) is 1. The number of amides is 2. The Bertz CT molecular complexity index is 571. The molecule has 1 aromatic rings. The normalized spacial score (nSPS) is 21.4. The van der Waals surface area contributed by atoms with Crippen molar-refractivity contribution in [3.63, 3.8) is 0 Å². The third-order valence-electron chi connectivity index (χ3n) is 4.20.